The Kier molecular flexibility index (Phi) is 6.86. The summed E-state index contributed by atoms with van der Waals surface area (Å²) < 4.78 is 5.42. The van der Waals surface area contributed by atoms with Gasteiger partial charge in [0.15, 0.2) is 0 Å². The molecule has 3 atom stereocenters. The molecule has 0 aliphatic heterocycles. The van der Waals surface area contributed by atoms with Crippen LogP contribution >= 0.6 is 15.9 Å². The average molecular weight is 278 g/mol. The Morgan fingerprint density at radius 2 is 2.27 bits per heavy atom. The summed E-state index contributed by atoms with van der Waals surface area (Å²) in [4.78, 5) is 0.673. The van der Waals surface area contributed by atoms with Crippen LogP contribution in [0.3, 0.4) is 0 Å². The Hall–Kier alpha value is 0.400. The van der Waals surface area contributed by atoms with Crippen molar-refractivity contribution in [3.05, 3.63) is 0 Å². The molecule has 0 aromatic rings. The zero-order valence-corrected chi connectivity index (χ0v) is 11.6. The van der Waals surface area contributed by atoms with Gasteiger partial charge in [0.05, 0.1) is 6.10 Å². The van der Waals surface area contributed by atoms with E-state index in [9.17, 15) is 0 Å². The lowest BCUT2D eigenvalue weighted by atomic mass is 9.93. The fourth-order valence-corrected chi connectivity index (χ4v) is 2.42. The van der Waals surface area contributed by atoms with E-state index in [2.05, 4.69) is 28.2 Å². The first-order valence-electron chi connectivity index (χ1n) is 6.16. The van der Waals surface area contributed by atoms with Crippen molar-refractivity contribution in [2.45, 2.75) is 62.4 Å². The summed E-state index contributed by atoms with van der Waals surface area (Å²) in [7, 11) is 1.83. The molecule has 0 heterocycles. The molecule has 0 saturated heterocycles. The maximum Gasteiger partial charge on any atom is 0.0586 e. The minimum atomic E-state index is 0.488. The van der Waals surface area contributed by atoms with Crippen molar-refractivity contribution in [2.75, 3.05) is 13.7 Å². The van der Waals surface area contributed by atoms with E-state index in [1.54, 1.807) is 0 Å². The van der Waals surface area contributed by atoms with Gasteiger partial charge >= 0.3 is 0 Å². The second-order valence-corrected chi connectivity index (χ2v) is 5.76. The van der Waals surface area contributed by atoms with Crippen molar-refractivity contribution in [3.63, 3.8) is 0 Å². The zero-order valence-electron chi connectivity index (χ0n) is 9.97. The number of hydrogen-bond acceptors (Lipinski definition) is 2. The van der Waals surface area contributed by atoms with E-state index in [1.807, 2.05) is 7.11 Å². The predicted octanol–water partition coefficient (Wildman–Crippen LogP) is 3.10. The quantitative estimate of drug-likeness (QED) is 0.754. The summed E-state index contributed by atoms with van der Waals surface area (Å²) in [6.45, 7) is 3.35. The van der Waals surface area contributed by atoms with Crippen LogP contribution in [0.4, 0.5) is 0 Å². The highest BCUT2D eigenvalue weighted by atomic mass is 79.9. The van der Waals surface area contributed by atoms with Gasteiger partial charge < -0.3 is 10.1 Å². The molecule has 1 fully saturated rings. The largest absolute Gasteiger partial charge is 0.381 e. The standard InChI is InChI=1S/C12H24BrNO/c1-3-10(13)7-8-14-11-5-4-6-12(9-11)15-2/h10-12,14H,3-9H2,1-2H3. The molecule has 1 aliphatic carbocycles. The van der Waals surface area contributed by atoms with Gasteiger partial charge in [0, 0.05) is 18.0 Å². The molecule has 1 aliphatic rings. The summed E-state index contributed by atoms with van der Waals surface area (Å²) >= 11 is 3.66. The summed E-state index contributed by atoms with van der Waals surface area (Å²) in [5, 5.41) is 3.64. The minimum absolute atomic E-state index is 0.488. The van der Waals surface area contributed by atoms with Gasteiger partial charge in [-0.3, -0.25) is 0 Å². The van der Waals surface area contributed by atoms with E-state index in [0.29, 0.717) is 17.0 Å². The van der Waals surface area contributed by atoms with E-state index in [-0.39, 0.29) is 0 Å². The summed E-state index contributed by atoms with van der Waals surface area (Å²) in [5.41, 5.74) is 0. The number of ether oxygens (including phenoxy) is 1. The highest BCUT2D eigenvalue weighted by molar-refractivity contribution is 9.09. The third-order valence-electron chi connectivity index (χ3n) is 3.29. The van der Waals surface area contributed by atoms with Gasteiger partial charge in [-0.25, -0.2) is 0 Å². The van der Waals surface area contributed by atoms with E-state index in [1.165, 1.54) is 38.5 Å². The Labute approximate surface area is 102 Å². The molecule has 0 amide bonds. The maximum absolute atomic E-state index is 5.42. The van der Waals surface area contributed by atoms with E-state index in [0.717, 1.165) is 6.54 Å². The second-order valence-electron chi connectivity index (χ2n) is 4.47. The Morgan fingerprint density at radius 1 is 1.47 bits per heavy atom. The van der Waals surface area contributed by atoms with Gasteiger partial charge in [0.25, 0.3) is 0 Å². The van der Waals surface area contributed by atoms with Crippen molar-refractivity contribution >= 4 is 15.9 Å². The van der Waals surface area contributed by atoms with Crippen LogP contribution in [0.5, 0.6) is 0 Å². The third kappa shape index (κ3) is 5.32. The second kappa shape index (κ2) is 7.64. The van der Waals surface area contributed by atoms with Gasteiger partial charge in [-0.2, -0.15) is 0 Å². The number of rotatable bonds is 6. The van der Waals surface area contributed by atoms with Gasteiger partial charge in [-0.1, -0.05) is 22.9 Å². The topological polar surface area (TPSA) is 21.3 Å². The van der Waals surface area contributed by atoms with E-state index in [4.69, 9.17) is 4.74 Å². The number of methoxy groups -OCH3 is 1. The molecular formula is C12H24BrNO. The molecule has 0 bridgehead atoms. The molecule has 3 heteroatoms. The minimum Gasteiger partial charge on any atom is -0.381 e. The van der Waals surface area contributed by atoms with Crippen LogP contribution in [-0.4, -0.2) is 30.6 Å². The lowest BCUT2D eigenvalue weighted by Crippen LogP contribution is -2.37. The summed E-state index contributed by atoms with van der Waals surface area (Å²) in [6.07, 6.45) is 7.99. The molecule has 1 N–H and O–H groups in total. The fraction of sp³-hybridized carbons (Fsp3) is 1.00. The van der Waals surface area contributed by atoms with Gasteiger partial charge in [-0.05, 0) is 45.1 Å². The van der Waals surface area contributed by atoms with Gasteiger partial charge in [0.1, 0.15) is 0 Å². The molecule has 1 rings (SSSR count). The van der Waals surface area contributed by atoms with Crippen LogP contribution in [0.1, 0.15) is 45.4 Å². The van der Waals surface area contributed by atoms with E-state index < -0.39 is 0 Å². The number of halogens is 1. The SMILES string of the molecule is CCC(Br)CCNC1CCCC(OC)C1. The Morgan fingerprint density at radius 3 is 2.93 bits per heavy atom. The highest BCUT2D eigenvalue weighted by Gasteiger charge is 2.20. The lowest BCUT2D eigenvalue weighted by molar-refractivity contribution is 0.0589. The van der Waals surface area contributed by atoms with Crippen LogP contribution in [0.15, 0.2) is 0 Å². The Balaban J connectivity index is 2.10. The smallest absolute Gasteiger partial charge is 0.0586 e. The van der Waals surface area contributed by atoms with Crippen LogP contribution in [-0.2, 0) is 4.74 Å². The van der Waals surface area contributed by atoms with Crippen LogP contribution in [0.2, 0.25) is 0 Å². The van der Waals surface area contributed by atoms with Gasteiger partial charge in [-0.15, -0.1) is 0 Å². The lowest BCUT2D eigenvalue weighted by Gasteiger charge is -2.29. The van der Waals surface area contributed by atoms with Crippen molar-refractivity contribution in [2.24, 2.45) is 0 Å². The molecule has 0 aromatic heterocycles. The highest BCUT2D eigenvalue weighted by Crippen LogP contribution is 2.20. The fourth-order valence-electron chi connectivity index (χ4n) is 2.19. The van der Waals surface area contributed by atoms with Crippen LogP contribution in [0, 0.1) is 0 Å². The molecule has 3 unspecified atom stereocenters. The zero-order chi connectivity index (χ0) is 11.1. The van der Waals surface area contributed by atoms with Crippen molar-refractivity contribution < 1.29 is 4.74 Å². The van der Waals surface area contributed by atoms with Crippen LogP contribution in [0.25, 0.3) is 0 Å². The predicted molar refractivity (Wildman–Crippen MR) is 68.7 cm³/mol. The molecule has 15 heavy (non-hydrogen) atoms. The Bertz CT molecular complexity index is 166. The van der Waals surface area contributed by atoms with E-state index >= 15 is 0 Å². The number of alkyl halides is 1. The first kappa shape index (κ1) is 13.5. The molecule has 0 aromatic carbocycles. The molecule has 2 nitrogen and oxygen atoms in total. The van der Waals surface area contributed by atoms with Crippen molar-refractivity contribution in [1.82, 2.24) is 5.32 Å². The monoisotopic (exact) mass is 277 g/mol. The summed E-state index contributed by atoms with van der Waals surface area (Å²) in [6, 6.07) is 0.681. The molecule has 1 saturated carbocycles. The normalized spacial score (nSPS) is 29.0. The first-order valence-corrected chi connectivity index (χ1v) is 7.08. The van der Waals surface area contributed by atoms with Crippen LogP contribution < -0.4 is 5.32 Å². The molecule has 0 spiro atoms. The molecule has 90 valence electrons. The van der Waals surface area contributed by atoms with Crippen molar-refractivity contribution in [1.29, 1.82) is 0 Å². The molecular weight excluding hydrogens is 254 g/mol. The maximum atomic E-state index is 5.42. The first-order chi connectivity index (χ1) is 7.26. The third-order valence-corrected chi connectivity index (χ3v) is 4.40. The number of nitrogens with one attached hydrogen (secondary N) is 1. The number of hydrogen-bond donors (Lipinski definition) is 1. The summed E-state index contributed by atoms with van der Waals surface area (Å²) in [5.74, 6) is 0. The molecule has 0 radical (unpaired) electrons. The van der Waals surface area contributed by atoms with Crippen molar-refractivity contribution in [3.8, 4) is 0 Å². The van der Waals surface area contributed by atoms with Gasteiger partial charge in [0.2, 0.25) is 0 Å². The average Bonchev–Trinajstić information content (AvgIpc) is 2.29.